The maximum absolute atomic E-state index is 14.6. The lowest BCUT2D eigenvalue weighted by Gasteiger charge is -2.06. The molecule has 0 N–H and O–H groups in total. The first-order chi connectivity index (χ1) is 16.9. The Balaban J connectivity index is 1.44. The second kappa shape index (κ2) is 11.2. The molecule has 0 atom stereocenters. The van der Waals surface area contributed by atoms with Gasteiger partial charge < -0.3 is 4.74 Å². The Morgan fingerprint density at radius 3 is 2.14 bits per heavy atom. The summed E-state index contributed by atoms with van der Waals surface area (Å²) in [5, 5.41) is 0.954. The predicted molar refractivity (Wildman–Crippen MR) is 128 cm³/mol. The van der Waals surface area contributed by atoms with Crippen molar-refractivity contribution in [3.05, 3.63) is 112 Å². The molecule has 4 rings (SSSR count). The molecule has 0 aliphatic heterocycles. The molecule has 4 aromatic rings. The van der Waals surface area contributed by atoms with Crippen molar-refractivity contribution in [1.29, 1.82) is 0 Å². The van der Waals surface area contributed by atoms with Crippen LogP contribution < -0.4 is 0 Å². The highest BCUT2D eigenvalue weighted by molar-refractivity contribution is 5.84. The second-order valence-corrected chi connectivity index (χ2v) is 8.27. The quantitative estimate of drug-likeness (QED) is 0.171. The van der Waals surface area contributed by atoms with E-state index in [1.54, 1.807) is 25.3 Å². The molecule has 0 saturated carbocycles. The van der Waals surface area contributed by atoms with Gasteiger partial charge in [0.15, 0.2) is 11.6 Å². The molecule has 1 aromatic heterocycles. The SMILES string of the molecule is COCCCc1ccc(CCc2cc(F)c(C#Cc3ccc4cc(F)c(F)cc4c3)c(F)c2)nc1. The molecule has 35 heavy (non-hydrogen) atoms. The minimum Gasteiger partial charge on any atom is -0.385 e. The Morgan fingerprint density at radius 2 is 1.46 bits per heavy atom. The van der Waals surface area contributed by atoms with E-state index in [1.165, 1.54) is 12.1 Å². The molecule has 0 aliphatic rings. The molecule has 0 bridgehead atoms. The van der Waals surface area contributed by atoms with E-state index < -0.39 is 23.3 Å². The lowest BCUT2D eigenvalue weighted by atomic mass is 10.0. The molecule has 1 heterocycles. The molecular formula is C29H23F4NO. The minimum absolute atomic E-state index is 0.335. The maximum atomic E-state index is 14.6. The van der Waals surface area contributed by atoms with E-state index in [0.29, 0.717) is 41.3 Å². The Labute approximate surface area is 201 Å². The molecule has 0 spiro atoms. The van der Waals surface area contributed by atoms with E-state index in [2.05, 4.69) is 16.8 Å². The van der Waals surface area contributed by atoms with Crippen LogP contribution in [0.15, 0.2) is 60.8 Å². The van der Waals surface area contributed by atoms with Crippen molar-refractivity contribution in [3.63, 3.8) is 0 Å². The van der Waals surface area contributed by atoms with Gasteiger partial charge in [-0.15, -0.1) is 0 Å². The average molecular weight is 478 g/mol. The third-order valence-electron chi connectivity index (χ3n) is 5.68. The van der Waals surface area contributed by atoms with Gasteiger partial charge >= 0.3 is 0 Å². The lowest BCUT2D eigenvalue weighted by Crippen LogP contribution is -1.99. The van der Waals surface area contributed by atoms with Gasteiger partial charge in [-0.1, -0.05) is 24.0 Å². The van der Waals surface area contributed by atoms with Gasteiger partial charge in [0, 0.05) is 31.2 Å². The van der Waals surface area contributed by atoms with Crippen molar-refractivity contribution in [2.24, 2.45) is 0 Å². The number of nitrogens with zero attached hydrogens (tertiary/aromatic N) is 1. The largest absolute Gasteiger partial charge is 0.385 e. The summed E-state index contributed by atoms with van der Waals surface area (Å²) in [6, 6.07) is 13.4. The Hall–Kier alpha value is -3.69. The molecule has 6 heteroatoms. The van der Waals surface area contributed by atoms with E-state index in [9.17, 15) is 17.6 Å². The van der Waals surface area contributed by atoms with Gasteiger partial charge in [0.25, 0.3) is 0 Å². The number of rotatable bonds is 7. The molecule has 0 radical (unpaired) electrons. The molecule has 0 amide bonds. The van der Waals surface area contributed by atoms with Crippen molar-refractivity contribution in [1.82, 2.24) is 4.98 Å². The van der Waals surface area contributed by atoms with Crippen LogP contribution in [0, 0.1) is 35.1 Å². The molecular weight excluding hydrogens is 454 g/mol. The van der Waals surface area contributed by atoms with E-state index in [0.717, 1.165) is 36.2 Å². The third kappa shape index (κ3) is 6.26. The minimum atomic E-state index is -0.969. The number of ether oxygens (including phenoxy) is 1. The maximum Gasteiger partial charge on any atom is 0.159 e. The fraction of sp³-hybridized carbons (Fsp3) is 0.207. The van der Waals surface area contributed by atoms with Crippen LogP contribution in [0.5, 0.6) is 0 Å². The van der Waals surface area contributed by atoms with Crippen molar-refractivity contribution in [3.8, 4) is 11.8 Å². The number of halogens is 4. The van der Waals surface area contributed by atoms with Crippen molar-refractivity contribution in [2.75, 3.05) is 13.7 Å². The Kier molecular flexibility index (Phi) is 7.79. The molecule has 0 fully saturated rings. The molecule has 0 saturated heterocycles. The van der Waals surface area contributed by atoms with Crippen LogP contribution in [0.3, 0.4) is 0 Å². The van der Waals surface area contributed by atoms with E-state index in [4.69, 9.17) is 4.74 Å². The summed E-state index contributed by atoms with van der Waals surface area (Å²) >= 11 is 0. The number of hydrogen-bond donors (Lipinski definition) is 0. The van der Waals surface area contributed by atoms with Crippen LogP contribution >= 0.6 is 0 Å². The molecule has 0 unspecified atom stereocenters. The number of hydrogen-bond acceptors (Lipinski definition) is 2. The first-order valence-corrected chi connectivity index (χ1v) is 11.2. The van der Waals surface area contributed by atoms with Gasteiger partial charge in [0.05, 0.1) is 5.56 Å². The van der Waals surface area contributed by atoms with E-state index in [1.807, 2.05) is 18.3 Å². The van der Waals surface area contributed by atoms with E-state index >= 15 is 0 Å². The Morgan fingerprint density at radius 1 is 0.714 bits per heavy atom. The highest BCUT2D eigenvalue weighted by Crippen LogP contribution is 2.21. The topological polar surface area (TPSA) is 22.1 Å². The number of methoxy groups -OCH3 is 1. The summed E-state index contributed by atoms with van der Waals surface area (Å²) in [6.07, 6.45) is 4.61. The zero-order valence-corrected chi connectivity index (χ0v) is 19.2. The van der Waals surface area contributed by atoms with Crippen LogP contribution in [-0.2, 0) is 24.0 Å². The fourth-order valence-electron chi connectivity index (χ4n) is 3.79. The fourth-order valence-corrected chi connectivity index (χ4v) is 3.79. The van der Waals surface area contributed by atoms with Crippen LogP contribution in [0.25, 0.3) is 10.8 Å². The first kappa shape index (κ1) is 24.4. The zero-order valence-electron chi connectivity index (χ0n) is 19.2. The number of aromatic nitrogens is 1. The van der Waals surface area contributed by atoms with Crippen molar-refractivity contribution < 1.29 is 22.3 Å². The Bertz CT molecular complexity index is 1380. The monoisotopic (exact) mass is 477 g/mol. The van der Waals surface area contributed by atoms with E-state index in [-0.39, 0.29) is 5.56 Å². The number of aryl methyl sites for hydroxylation is 3. The number of fused-ring (bicyclic) bond motifs is 1. The molecule has 0 aliphatic carbocycles. The lowest BCUT2D eigenvalue weighted by molar-refractivity contribution is 0.195. The van der Waals surface area contributed by atoms with Crippen LogP contribution in [0.1, 0.15) is 34.4 Å². The molecule has 178 valence electrons. The number of benzene rings is 3. The van der Waals surface area contributed by atoms with Gasteiger partial charge in [0.2, 0.25) is 0 Å². The summed E-state index contributed by atoms with van der Waals surface area (Å²) in [4.78, 5) is 4.43. The summed E-state index contributed by atoms with van der Waals surface area (Å²) in [5.74, 6) is 1.83. The number of pyridine rings is 1. The van der Waals surface area contributed by atoms with Crippen molar-refractivity contribution in [2.45, 2.75) is 25.7 Å². The van der Waals surface area contributed by atoms with Gasteiger partial charge in [-0.3, -0.25) is 4.98 Å². The van der Waals surface area contributed by atoms with Crippen LogP contribution in [-0.4, -0.2) is 18.7 Å². The molecule has 2 nitrogen and oxygen atoms in total. The summed E-state index contributed by atoms with van der Waals surface area (Å²) in [6.45, 7) is 0.697. The highest BCUT2D eigenvalue weighted by Gasteiger charge is 2.10. The van der Waals surface area contributed by atoms with Crippen LogP contribution in [0.4, 0.5) is 17.6 Å². The summed E-state index contributed by atoms with van der Waals surface area (Å²) in [7, 11) is 1.67. The average Bonchev–Trinajstić information content (AvgIpc) is 2.84. The zero-order chi connectivity index (χ0) is 24.8. The smallest absolute Gasteiger partial charge is 0.159 e. The predicted octanol–water partition coefficient (Wildman–Crippen LogP) is 6.56. The summed E-state index contributed by atoms with van der Waals surface area (Å²) < 4.78 is 61.2. The van der Waals surface area contributed by atoms with Crippen LogP contribution in [0.2, 0.25) is 0 Å². The second-order valence-electron chi connectivity index (χ2n) is 8.27. The third-order valence-corrected chi connectivity index (χ3v) is 5.68. The van der Waals surface area contributed by atoms with Gasteiger partial charge in [0.1, 0.15) is 11.6 Å². The highest BCUT2D eigenvalue weighted by atomic mass is 19.2. The summed E-state index contributed by atoms with van der Waals surface area (Å²) in [5.41, 5.74) is 2.58. The van der Waals surface area contributed by atoms with Gasteiger partial charge in [-0.25, -0.2) is 17.6 Å². The normalized spacial score (nSPS) is 10.9. The van der Waals surface area contributed by atoms with Gasteiger partial charge in [-0.05, 0) is 90.0 Å². The first-order valence-electron chi connectivity index (χ1n) is 11.2. The standard InChI is InChI=1S/C29H23F4NO/c1-35-12-2-3-20-5-9-24(34-18-20)10-6-21-14-26(30)25(27(31)15-21)11-7-19-4-8-22-16-28(32)29(33)17-23(22)13-19/h4-5,8-9,13-18H,2-3,6,10,12H2,1H3. The molecule has 3 aromatic carbocycles. The van der Waals surface area contributed by atoms with Gasteiger partial charge in [-0.2, -0.15) is 0 Å². The van der Waals surface area contributed by atoms with Crippen molar-refractivity contribution >= 4 is 10.8 Å².